The average Bonchev–Trinajstić information content (AvgIpc) is 2.67. The number of carbonyl (C=O) groups excluding carboxylic acids is 1. The summed E-state index contributed by atoms with van der Waals surface area (Å²) in [6.45, 7) is 15.8. The van der Waals surface area contributed by atoms with Gasteiger partial charge in [0.2, 0.25) is 0 Å². The van der Waals surface area contributed by atoms with E-state index in [2.05, 4.69) is 32.6 Å². The van der Waals surface area contributed by atoms with Crippen molar-refractivity contribution >= 4 is 5.78 Å². The lowest BCUT2D eigenvalue weighted by Gasteiger charge is -2.30. The second-order valence-corrected chi connectivity index (χ2v) is 9.24. The van der Waals surface area contributed by atoms with Gasteiger partial charge >= 0.3 is 0 Å². The number of carbonyl (C=O) groups is 1. The SMILES string of the molecule is C=CC(=O)C(C)(C)OCCC(C)(C)Oc1ccc(C(C)(C)c2ccc(O)cc2)cc1. The van der Waals surface area contributed by atoms with Crippen LogP contribution in [0.2, 0.25) is 0 Å². The first-order valence-electron chi connectivity index (χ1n) is 10.3. The Balaban J connectivity index is 2.01. The molecule has 4 nitrogen and oxygen atoms in total. The van der Waals surface area contributed by atoms with Gasteiger partial charge in [0.25, 0.3) is 0 Å². The lowest BCUT2D eigenvalue weighted by molar-refractivity contribution is -0.136. The van der Waals surface area contributed by atoms with Crippen molar-refractivity contribution in [2.75, 3.05) is 6.61 Å². The number of hydrogen-bond acceptors (Lipinski definition) is 4. The van der Waals surface area contributed by atoms with E-state index >= 15 is 0 Å². The largest absolute Gasteiger partial charge is 0.508 e. The fourth-order valence-electron chi connectivity index (χ4n) is 3.22. The van der Waals surface area contributed by atoms with Gasteiger partial charge in [-0.25, -0.2) is 0 Å². The van der Waals surface area contributed by atoms with Gasteiger partial charge in [-0.15, -0.1) is 0 Å². The molecule has 0 fully saturated rings. The Morgan fingerprint density at radius 2 is 1.43 bits per heavy atom. The van der Waals surface area contributed by atoms with Crippen molar-refractivity contribution < 1.29 is 19.4 Å². The molecule has 1 N–H and O–H groups in total. The van der Waals surface area contributed by atoms with Crippen LogP contribution < -0.4 is 4.74 Å². The normalized spacial score (nSPS) is 12.5. The molecule has 30 heavy (non-hydrogen) atoms. The fourth-order valence-corrected chi connectivity index (χ4v) is 3.22. The van der Waals surface area contributed by atoms with E-state index in [1.54, 1.807) is 26.0 Å². The first-order valence-corrected chi connectivity index (χ1v) is 10.3. The molecule has 0 amide bonds. The molecule has 0 aliphatic carbocycles. The highest BCUT2D eigenvalue weighted by Gasteiger charge is 2.28. The fraction of sp³-hybridized carbons (Fsp3) is 0.423. The molecule has 2 rings (SSSR count). The molecule has 2 aromatic carbocycles. The summed E-state index contributed by atoms with van der Waals surface area (Å²) in [5.41, 5.74) is 0.772. The molecule has 0 unspecified atom stereocenters. The first-order chi connectivity index (χ1) is 13.9. The van der Waals surface area contributed by atoms with Gasteiger partial charge in [0.05, 0.1) is 6.61 Å². The predicted octanol–water partition coefficient (Wildman–Crippen LogP) is 5.82. The molecule has 4 heteroatoms. The number of phenolic OH excluding ortho intramolecular Hbond substituents is 1. The minimum absolute atomic E-state index is 0.131. The van der Waals surface area contributed by atoms with Gasteiger partial charge in [-0.2, -0.15) is 0 Å². The maximum absolute atomic E-state index is 11.8. The maximum atomic E-state index is 11.8. The molecule has 0 heterocycles. The summed E-state index contributed by atoms with van der Waals surface area (Å²) in [6, 6.07) is 15.4. The Kier molecular flexibility index (Phi) is 7.14. The second kappa shape index (κ2) is 9.05. The van der Waals surface area contributed by atoms with Crippen molar-refractivity contribution in [2.45, 2.75) is 64.6 Å². The van der Waals surface area contributed by atoms with E-state index in [0.29, 0.717) is 13.0 Å². The molecule has 0 bridgehead atoms. The van der Waals surface area contributed by atoms with Crippen LogP contribution >= 0.6 is 0 Å². The number of rotatable bonds is 10. The Bertz CT molecular complexity index is 859. The molecule has 2 aromatic rings. The summed E-state index contributed by atoms with van der Waals surface area (Å²) in [7, 11) is 0. The van der Waals surface area contributed by atoms with E-state index in [4.69, 9.17) is 9.47 Å². The predicted molar refractivity (Wildman–Crippen MR) is 121 cm³/mol. The van der Waals surface area contributed by atoms with Gasteiger partial charge in [0, 0.05) is 11.8 Å². The molecule has 0 aliphatic heterocycles. The topological polar surface area (TPSA) is 55.8 Å². The van der Waals surface area contributed by atoms with Gasteiger partial charge < -0.3 is 14.6 Å². The summed E-state index contributed by atoms with van der Waals surface area (Å²) < 4.78 is 11.9. The smallest absolute Gasteiger partial charge is 0.186 e. The molecular weight excluding hydrogens is 376 g/mol. The third kappa shape index (κ3) is 5.96. The van der Waals surface area contributed by atoms with E-state index in [1.807, 2.05) is 38.1 Å². The summed E-state index contributed by atoms with van der Waals surface area (Å²) in [5.74, 6) is 0.918. The van der Waals surface area contributed by atoms with Gasteiger partial charge in [-0.3, -0.25) is 4.79 Å². The van der Waals surface area contributed by atoms with Crippen LogP contribution in [-0.2, 0) is 14.9 Å². The molecule has 0 saturated carbocycles. The number of benzene rings is 2. The third-order valence-corrected chi connectivity index (χ3v) is 5.50. The summed E-state index contributed by atoms with van der Waals surface area (Å²) in [4.78, 5) is 11.8. The average molecular weight is 411 g/mol. The molecule has 0 saturated heterocycles. The quantitative estimate of drug-likeness (QED) is 0.502. The Hall–Kier alpha value is -2.59. The van der Waals surface area contributed by atoms with Crippen molar-refractivity contribution in [2.24, 2.45) is 0 Å². The Labute approximate surface area is 180 Å². The molecule has 0 aromatic heterocycles. The van der Waals surface area contributed by atoms with Crippen LogP contribution in [0.1, 0.15) is 59.1 Å². The van der Waals surface area contributed by atoms with E-state index in [9.17, 15) is 9.90 Å². The van der Waals surface area contributed by atoms with Crippen LogP contribution in [0.5, 0.6) is 11.5 Å². The van der Waals surface area contributed by atoms with Crippen LogP contribution in [0.4, 0.5) is 0 Å². The number of ketones is 1. The minimum Gasteiger partial charge on any atom is -0.508 e. The Morgan fingerprint density at radius 3 is 1.93 bits per heavy atom. The van der Waals surface area contributed by atoms with Crippen LogP contribution in [0.25, 0.3) is 0 Å². The zero-order valence-electron chi connectivity index (χ0n) is 19.0. The molecule has 0 aliphatic rings. The van der Waals surface area contributed by atoms with Crippen molar-refractivity contribution in [3.8, 4) is 11.5 Å². The van der Waals surface area contributed by atoms with Crippen LogP contribution in [0, 0.1) is 0 Å². The van der Waals surface area contributed by atoms with Crippen molar-refractivity contribution in [3.05, 3.63) is 72.3 Å². The minimum atomic E-state index is -0.876. The lowest BCUT2D eigenvalue weighted by Crippen LogP contribution is -2.37. The number of hydrogen-bond donors (Lipinski definition) is 1. The monoisotopic (exact) mass is 410 g/mol. The Morgan fingerprint density at radius 1 is 0.933 bits per heavy atom. The standard InChI is InChI=1S/C26H34O4/c1-8-23(28)26(6,7)29-18-17-24(2,3)30-22-15-11-20(12-16-22)25(4,5)19-9-13-21(27)14-10-19/h8-16,27H,1,17-18H2,2-7H3. The summed E-state index contributed by atoms with van der Waals surface area (Å²) >= 11 is 0. The molecule has 0 radical (unpaired) electrons. The highest BCUT2D eigenvalue weighted by atomic mass is 16.5. The maximum Gasteiger partial charge on any atom is 0.186 e. The van der Waals surface area contributed by atoms with Gasteiger partial charge in [-0.05, 0) is 69.2 Å². The van der Waals surface area contributed by atoms with E-state index in [-0.39, 0.29) is 16.9 Å². The van der Waals surface area contributed by atoms with E-state index in [1.165, 1.54) is 6.08 Å². The van der Waals surface area contributed by atoms with Crippen molar-refractivity contribution in [3.63, 3.8) is 0 Å². The van der Waals surface area contributed by atoms with E-state index in [0.717, 1.165) is 16.9 Å². The number of phenols is 1. The third-order valence-electron chi connectivity index (χ3n) is 5.50. The summed E-state index contributed by atoms with van der Waals surface area (Å²) in [5, 5.41) is 9.54. The van der Waals surface area contributed by atoms with Crippen molar-refractivity contribution in [1.29, 1.82) is 0 Å². The van der Waals surface area contributed by atoms with Gasteiger partial charge in [0.1, 0.15) is 22.7 Å². The number of aromatic hydroxyl groups is 1. The second-order valence-electron chi connectivity index (χ2n) is 9.24. The van der Waals surface area contributed by atoms with Crippen LogP contribution in [0.15, 0.2) is 61.2 Å². The molecular formula is C26H34O4. The molecule has 0 atom stereocenters. The number of ether oxygens (including phenoxy) is 2. The van der Waals surface area contributed by atoms with Gasteiger partial charge in [0.15, 0.2) is 5.78 Å². The van der Waals surface area contributed by atoms with Gasteiger partial charge in [-0.1, -0.05) is 44.7 Å². The van der Waals surface area contributed by atoms with E-state index < -0.39 is 11.2 Å². The van der Waals surface area contributed by atoms with Crippen molar-refractivity contribution in [1.82, 2.24) is 0 Å². The highest BCUT2D eigenvalue weighted by molar-refractivity contribution is 5.95. The molecule has 162 valence electrons. The molecule has 0 spiro atoms. The first kappa shape index (κ1) is 23.7. The lowest BCUT2D eigenvalue weighted by atomic mass is 9.78. The zero-order valence-corrected chi connectivity index (χ0v) is 19.0. The summed E-state index contributed by atoms with van der Waals surface area (Å²) in [6.07, 6.45) is 1.93. The zero-order chi connectivity index (χ0) is 22.6. The highest BCUT2D eigenvalue weighted by Crippen LogP contribution is 2.34. The van der Waals surface area contributed by atoms with Crippen LogP contribution in [0.3, 0.4) is 0 Å². The van der Waals surface area contributed by atoms with Crippen LogP contribution in [-0.4, -0.2) is 28.7 Å².